The largest absolute Gasteiger partial charge is 0.486 e. The van der Waals surface area contributed by atoms with Crippen LogP contribution in [0.1, 0.15) is 28.8 Å². The molecular weight excluding hydrogens is 326 g/mol. The lowest BCUT2D eigenvalue weighted by molar-refractivity contribution is -0.394. The van der Waals surface area contributed by atoms with E-state index in [1.165, 1.54) is 0 Å². The Morgan fingerprint density at radius 2 is 2.16 bits per heavy atom. The minimum atomic E-state index is -0.501. The van der Waals surface area contributed by atoms with E-state index in [4.69, 9.17) is 15.2 Å². The number of aliphatic hydroxyl groups excluding tert-OH is 1. The molecule has 0 aromatic heterocycles. The number of carbonyl (C=O) groups is 2. The molecule has 1 fully saturated rings. The fourth-order valence-corrected chi connectivity index (χ4v) is 3.49. The highest BCUT2D eigenvalue weighted by Crippen LogP contribution is 2.30. The van der Waals surface area contributed by atoms with Gasteiger partial charge in [-0.05, 0) is 30.2 Å². The van der Waals surface area contributed by atoms with Gasteiger partial charge < -0.3 is 25.2 Å². The minimum absolute atomic E-state index is 0.157. The van der Waals surface area contributed by atoms with E-state index in [2.05, 4.69) is 4.99 Å². The number of benzene rings is 1. The molecule has 0 bridgehead atoms. The molecule has 1 saturated heterocycles. The highest BCUT2D eigenvalue weighted by molar-refractivity contribution is 6.01. The third-order valence-corrected chi connectivity index (χ3v) is 4.87. The Hall–Kier alpha value is -2.45. The van der Waals surface area contributed by atoms with Crippen LogP contribution in [0, 0.1) is 0 Å². The smallest absolute Gasteiger partial charge is 0.388 e. The quantitative estimate of drug-likeness (QED) is 0.612. The van der Waals surface area contributed by atoms with E-state index in [0.717, 1.165) is 5.56 Å². The molecule has 1 unspecified atom stereocenters. The van der Waals surface area contributed by atoms with Gasteiger partial charge in [0.15, 0.2) is 6.04 Å². The number of hydrogen-bond donors (Lipinski definition) is 3. The Kier molecular flexibility index (Phi) is 3.93. The third-order valence-electron chi connectivity index (χ3n) is 4.87. The van der Waals surface area contributed by atoms with E-state index < -0.39 is 6.04 Å². The molecule has 0 saturated carbocycles. The predicted molar refractivity (Wildman–Crippen MR) is 86.2 cm³/mol. The van der Waals surface area contributed by atoms with Crippen molar-refractivity contribution in [2.45, 2.75) is 37.6 Å². The highest BCUT2D eigenvalue weighted by atomic mass is 16.5. The van der Waals surface area contributed by atoms with Gasteiger partial charge in [0, 0.05) is 12.1 Å². The van der Waals surface area contributed by atoms with Crippen LogP contribution < -0.4 is 15.5 Å². The van der Waals surface area contributed by atoms with Crippen molar-refractivity contribution in [1.82, 2.24) is 4.90 Å². The van der Waals surface area contributed by atoms with Crippen molar-refractivity contribution in [3.05, 3.63) is 29.3 Å². The number of fused-ring (bicyclic) bond motifs is 1. The van der Waals surface area contributed by atoms with Crippen molar-refractivity contribution >= 4 is 17.7 Å². The number of aliphatic hydroxyl groups is 1. The van der Waals surface area contributed by atoms with Gasteiger partial charge in [-0.3, -0.25) is 4.79 Å². The summed E-state index contributed by atoms with van der Waals surface area (Å²) in [6.45, 7) is 1.29. The van der Waals surface area contributed by atoms with Crippen molar-refractivity contribution in [3.63, 3.8) is 0 Å². The molecule has 3 aliphatic rings. The minimum Gasteiger partial charge on any atom is -0.486 e. The third kappa shape index (κ3) is 2.87. The molecule has 1 aromatic carbocycles. The Morgan fingerprint density at radius 1 is 1.32 bits per heavy atom. The van der Waals surface area contributed by atoms with E-state index >= 15 is 0 Å². The van der Waals surface area contributed by atoms with Gasteiger partial charge in [0.05, 0.1) is 25.7 Å². The molecule has 4 rings (SSSR count). The van der Waals surface area contributed by atoms with Crippen LogP contribution in [-0.4, -0.2) is 59.1 Å². The maximum atomic E-state index is 12.6. The zero-order valence-electron chi connectivity index (χ0n) is 13.6. The average molecular weight is 346 g/mol. The summed E-state index contributed by atoms with van der Waals surface area (Å²) in [6, 6.07) is 4.64. The predicted octanol–water partition coefficient (Wildman–Crippen LogP) is -1.53. The second-order valence-electron chi connectivity index (χ2n) is 6.60. The first-order chi connectivity index (χ1) is 12.0. The standard InChI is InChI=1S/C17H19N3O5/c18-12-7-24-8-14(12)25-10-1-2-11-9(5-10)6-20(17(11)23)13-3-4-15(21)19-16(13)22/h1-2,5,12-14H,3-4,6-8,18H2,(H,19,21,22)/p+1/t12-,13?,14-/m0/s1. The summed E-state index contributed by atoms with van der Waals surface area (Å²) in [7, 11) is 0. The van der Waals surface area contributed by atoms with Gasteiger partial charge in [-0.2, -0.15) is 0 Å². The number of nitrogens with two attached hydrogens (primary N) is 1. The molecule has 25 heavy (non-hydrogen) atoms. The molecule has 132 valence electrons. The summed E-state index contributed by atoms with van der Waals surface area (Å²) in [4.78, 5) is 28.0. The molecule has 0 radical (unpaired) electrons. The van der Waals surface area contributed by atoms with E-state index in [1.807, 2.05) is 6.07 Å². The summed E-state index contributed by atoms with van der Waals surface area (Å²) < 4.78 is 11.2. The molecule has 8 nitrogen and oxygen atoms in total. The van der Waals surface area contributed by atoms with Crippen molar-refractivity contribution < 1.29 is 29.2 Å². The zero-order chi connectivity index (χ0) is 17.6. The van der Waals surface area contributed by atoms with E-state index in [-0.39, 0.29) is 36.3 Å². The van der Waals surface area contributed by atoms with Crippen molar-refractivity contribution in [1.29, 1.82) is 0 Å². The fourth-order valence-electron chi connectivity index (χ4n) is 3.49. The number of nitrogens with one attached hydrogen (secondary N) is 1. The number of carbonyl (C=O) groups excluding carboxylic acids is 2. The summed E-state index contributed by atoms with van der Waals surface area (Å²) in [5.41, 5.74) is 7.35. The second-order valence-corrected chi connectivity index (χ2v) is 6.60. The monoisotopic (exact) mass is 346 g/mol. The van der Waals surface area contributed by atoms with Gasteiger partial charge in [-0.1, -0.05) is 0 Å². The Morgan fingerprint density at radius 3 is 2.88 bits per heavy atom. The molecule has 0 spiro atoms. The number of nitrogens with zero attached hydrogens (tertiary/aromatic N) is 1. The normalized spacial score (nSPS) is 28.9. The van der Waals surface area contributed by atoms with E-state index in [9.17, 15) is 14.7 Å². The summed E-state index contributed by atoms with van der Waals surface area (Å²) >= 11 is 0. The Bertz CT molecular complexity index is 763. The zero-order valence-corrected chi connectivity index (χ0v) is 13.6. The second kappa shape index (κ2) is 6.12. The molecular formula is C17H20N3O5+. The van der Waals surface area contributed by atoms with Crippen LogP contribution in [0.2, 0.25) is 0 Å². The maximum Gasteiger partial charge on any atom is 0.388 e. The molecule has 4 N–H and O–H groups in total. The Balaban J connectivity index is 1.53. The molecule has 3 heterocycles. The molecule has 0 aliphatic carbocycles. The first-order valence-electron chi connectivity index (χ1n) is 8.32. The summed E-state index contributed by atoms with van der Waals surface area (Å²) in [5.74, 6) is 0.0892. The number of rotatable bonds is 3. The van der Waals surface area contributed by atoms with E-state index in [1.54, 1.807) is 17.0 Å². The molecule has 3 atom stereocenters. The number of amides is 2. The van der Waals surface area contributed by atoms with Crippen molar-refractivity contribution in [2.24, 2.45) is 5.73 Å². The van der Waals surface area contributed by atoms with Gasteiger partial charge >= 0.3 is 11.8 Å². The number of hydrogen-bond acceptors (Lipinski definition) is 5. The lowest BCUT2D eigenvalue weighted by Crippen LogP contribution is -2.82. The molecule has 2 amide bonds. The van der Waals surface area contributed by atoms with Gasteiger partial charge in [0.2, 0.25) is 0 Å². The van der Waals surface area contributed by atoms with Crippen LogP contribution in [0.3, 0.4) is 0 Å². The van der Waals surface area contributed by atoms with Crippen molar-refractivity contribution in [3.8, 4) is 5.75 Å². The van der Waals surface area contributed by atoms with Gasteiger partial charge in [-0.15, -0.1) is 4.99 Å². The number of ether oxygens (including phenoxy) is 2. The SMILES string of the molecule is N[C@H]1COC[C@@H]1Oc1ccc2c(c1)CN(C1CCC(=O)[NH+]=C1O)C2=O. The summed E-state index contributed by atoms with van der Waals surface area (Å²) in [5, 5.41) is 10.0. The van der Waals surface area contributed by atoms with Crippen molar-refractivity contribution in [2.75, 3.05) is 13.2 Å². The van der Waals surface area contributed by atoms with Gasteiger partial charge in [-0.25, -0.2) is 4.79 Å². The summed E-state index contributed by atoms with van der Waals surface area (Å²) in [6.07, 6.45) is 0.495. The first-order valence-corrected chi connectivity index (χ1v) is 8.32. The van der Waals surface area contributed by atoms with Crippen LogP contribution in [0.15, 0.2) is 18.2 Å². The lowest BCUT2D eigenvalue weighted by atomic mass is 10.1. The van der Waals surface area contributed by atoms with E-state index in [0.29, 0.717) is 37.5 Å². The maximum absolute atomic E-state index is 12.6. The molecule has 1 aromatic rings. The molecule has 8 heteroatoms. The van der Waals surface area contributed by atoms with Crippen LogP contribution in [0.4, 0.5) is 0 Å². The Labute approximate surface area is 144 Å². The highest BCUT2D eigenvalue weighted by Gasteiger charge is 2.41. The van der Waals surface area contributed by atoms with Gasteiger partial charge in [0.25, 0.3) is 5.91 Å². The lowest BCUT2D eigenvalue weighted by Gasteiger charge is -2.24. The van der Waals surface area contributed by atoms with Gasteiger partial charge in [0.1, 0.15) is 11.9 Å². The fraction of sp³-hybridized carbons (Fsp3) is 0.471. The van der Waals surface area contributed by atoms with Crippen LogP contribution in [0.25, 0.3) is 0 Å². The topological polar surface area (TPSA) is 116 Å². The average Bonchev–Trinajstić information content (AvgIpc) is 3.12. The van der Waals surface area contributed by atoms with Crippen LogP contribution in [0.5, 0.6) is 5.75 Å². The van der Waals surface area contributed by atoms with Crippen LogP contribution in [-0.2, 0) is 16.1 Å². The molecule has 3 aliphatic heterocycles. The van der Waals surface area contributed by atoms with Crippen LogP contribution >= 0.6 is 0 Å². The first kappa shape index (κ1) is 16.0.